The normalized spacial score (nSPS) is 11.0. The minimum Gasteiger partial charge on any atom is -0.494 e. The van der Waals surface area contributed by atoms with E-state index >= 15 is 0 Å². The van der Waals surface area contributed by atoms with Gasteiger partial charge in [-0.25, -0.2) is 4.98 Å². The number of pyridine rings is 1. The zero-order valence-electron chi connectivity index (χ0n) is 10.6. The Hall–Kier alpha value is -1.33. The second-order valence-corrected chi connectivity index (χ2v) is 5.22. The molecule has 5 heteroatoms. The molecule has 0 atom stereocenters. The highest BCUT2D eigenvalue weighted by Crippen LogP contribution is 2.36. The van der Waals surface area contributed by atoms with Crippen LogP contribution in [0.15, 0.2) is 22.7 Å². The van der Waals surface area contributed by atoms with Gasteiger partial charge in [0.15, 0.2) is 0 Å². The lowest BCUT2D eigenvalue weighted by Gasteiger charge is -2.14. The molecule has 0 aliphatic rings. The van der Waals surface area contributed by atoms with E-state index in [2.05, 4.69) is 40.2 Å². The van der Waals surface area contributed by atoms with Gasteiger partial charge in [0.05, 0.1) is 12.8 Å². The Labute approximate surface area is 115 Å². The van der Waals surface area contributed by atoms with Gasteiger partial charge in [0.1, 0.15) is 11.3 Å². The van der Waals surface area contributed by atoms with Crippen molar-refractivity contribution in [2.24, 2.45) is 5.84 Å². The number of hydrazine groups is 1. The molecule has 0 aliphatic heterocycles. The van der Waals surface area contributed by atoms with Crippen molar-refractivity contribution in [1.82, 2.24) is 4.98 Å². The van der Waals surface area contributed by atoms with Crippen LogP contribution in [0.4, 0.5) is 5.69 Å². The number of hydrogen-bond donors (Lipinski definition) is 2. The Morgan fingerprint density at radius 2 is 2.11 bits per heavy atom. The molecule has 0 radical (unpaired) electrons. The summed E-state index contributed by atoms with van der Waals surface area (Å²) in [6.07, 6.45) is 0. The predicted octanol–water partition coefficient (Wildman–Crippen LogP) is 3.41. The Balaban J connectivity index is 2.86. The quantitative estimate of drug-likeness (QED) is 0.674. The molecule has 1 aromatic heterocycles. The summed E-state index contributed by atoms with van der Waals surface area (Å²) in [6, 6.07) is 5.79. The monoisotopic (exact) mass is 309 g/mol. The van der Waals surface area contributed by atoms with E-state index in [9.17, 15) is 0 Å². The molecule has 0 saturated carbocycles. The molecule has 0 amide bonds. The first kappa shape index (κ1) is 13.1. The number of fused-ring (bicyclic) bond motifs is 1. The molecule has 2 rings (SSSR count). The van der Waals surface area contributed by atoms with Gasteiger partial charge in [-0.15, -0.1) is 0 Å². The summed E-state index contributed by atoms with van der Waals surface area (Å²) in [5.74, 6) is 6.67. The minimum absolute atomic E-state index is 0.324. The first-order chi connectivity index (χ1) is 8.58. The van der Waals surface area contributed by atoms with Crippen molar-refractivity contribution in [3.8, 4) is 5.75 Å². The summed E-state index contributed by atoms with van der Waals surface area (Å²) in [4.78, 5) is 4.66. The van der Waals surface area contributed by atoms with E-state index in [1.165, 1.54) is 0 Å². The van der Waals surface area contributed by atoms with Crippen LogP contribution in [0.5, 0.6) is 5.75 Å². The fourth-order valence-corrected chi connectivity index (χ4v) is 2.40. The topological polar surface area (TPSA) is 60.2 Å². The van der Waals surface area contributed by atoms with Gasteiger partial charge in [0.25, 0.3) is 0 Å². The predicted molar refractivity (Wildman–Crippen MR) is 77.9 cm³/mol. The SMILES string of the molecule is COc1ccc(Br)c2c(NN)cc(C(C)C)nc12. The van der Waals surface area contributed by atoms with Crippen molar-refractivity contribution >= 4 is 32.5 Å². The van der Waals surface area contributed by atoms with Gasteiger partial charge in [0, 0.05) is 15.6 Å². The summed E-state index contributed by atoms with van der Waals surface area (Å²) in [7, 11) is 1.64. The third-order valence-electron chi connectivity index (χ3n) is 2.86. The van der Waals surface area contributed by atoms with Crippen molar-refractivity contribution in [3.63, 3.8) is 0 Å². The number of nitrogens with zero attached hydrogens (tertiary/aromatic N) is 1. The number of nitrogens with two attached hydrogens (primary N) is 1. The molecule has 1 aromatic carbocycles. The third kappa shape index (κ3) is 2.15. The maximum absolute atomic E-state index is 5.61. The van der Waals surface area contributed by atoms with Gasteiger partial charge < -0.3 is 10.2 Å². The number of aromatic nitrogens is 1. The smallest absolute Gasteiger partial charge is 0.145 e. The molecular formula is C13H16BrN3O. The summed E-state index contributed by atoms with van der Waals surface area (Å²) < 4.78 is 6.30. The van der Waals surface area contributed by atoms with E-state index in [1.54, 1.807) is 7.11 Å². The number of nitrogens with one attached hydrogen (secondary N) is 1. The number of anilines is 1. The van der Waals surface area contributed by atoms with E-state index < -0.39 is 0 Å². The van der Waals surface area contributed by atoms with Gasteiger partial charge in [-0.05, 0) is 24.1 Å². The van der Waals surface area contributed by atoms with Crippen LogP contribution in [0.3, 0.4) is 0 Å². The minimum atomic E-state index is 0.324. The molecule has 1 heterocycles. The molecule has 0 bridgehead atoms. The highest BCUT2D eigenvalue weighted by Gasteiger charge is 2.14. The number of ether oxygens (including phenoxy) is 1. The number of nitrogen functional groups attached to an aromatic ring is 1. The zero-order valence-corrected chi connectivity index (χ0v) is 12.2. The number of benzene rings is 1. The first-order valence-corrected chi connectivity index (χ1v) is 6.51. The Morgan fingerprint density at radius 3 is 2.67 bits per heavy atom. The number of halogens is 1. The number of hydrogen-bond acceptors (Lipinski definition) is 4. The fraction of sp³-hybridized carbons (Fsp3) is 0.308. The van der Waals surface area contributed by atoms with Crippen molar-refractivity contribution in [1.29, 1.82) is 0 Å². The lowest BCUT2D eigenvalue weighted by Crippen LogP contribution is -2.09. The largest absolute Gasteiger partial charge is 0.494 e. The van der Waals surface area contributed by atoms with Crippen LogP contribution in [-0.2, 0) is 0 Å². The Bertz CT molecular complexity index is 584. The van der Waals surface area contributed by atoms with Crippen LogP contribution in [0.2, 0.25) is 0 Å². The summed E-state index contributed by atoms with van der Waals surface area (Å²) in [5.41, 5.74) is 5.36. The highest BCUT2D eigenvalue weighted by atomic mass is 79.9. The van der Waals surface area contributed by atoms with Crippen LogP contribution in [0, 0.1) is 0 Å². The second kappa shape index (κ2) is 5.12. The van der Waals surface area contributed by atoms with Crippen molar-refractivity contribution < 1.29 is 4.74 Å². The summed E-state index contributed by atoms with van der Waals surface area (Å²) >= 11 is 3.52. The fourth-order valence-electron chi connectivity index (χ4n) is 1.87. The molecule has 4 nitrogen and oxygen atoms in total. The summed E-state index contributed by atoms with van der Waals surface area (Å²) in [6.45, 7) is 4.19. The van der Waals surface area contributed by atoms with Crippen LogP contribution in [0.1, 0.15) is 25.5 Å². The maximum Gasteiger partial charge on any atom is 0.145 e. The molecule has 0 spiro atoms. The van der Waals surface area contributed by atoms with Gasteiger partial charge in [-0.1, -0.05) is 29.8 Å². The van der Waals surface area contributed by atoms with E-state index in [0.29, 0.717) is 5.92 Å². The molecule has 2 aromatic rings. The molecule has 18 heavy (non-hydrogen) atoms. The zero-order chi connectivity index (χ0) is 13.3. The van der Waals surface area contributed by atoms with Gasteiger partial charge in [-0.3, -0.25) is 5.84 Å². The van der Waals surface area contributed by atoms with Gasteiger partial charge in [0.2, 0.25) is 0 Å². The lowest BCUT2D eigenvalue weighted by atomic mass is 10.1. The van der Waals surface area contributed by atoms with E-state index in [0.717, 1.165) is 32.5 Å². The van der Waals surface area contributed by atoms with Crippen molar-refractivity contribution in [2.45, 2.75) is 19.8 Å². The molecule has 0 aliphatic carbocycles. The van der Waals surface area contributed by atoms with Crippen LogP contribution < -0.4 is 16.0 Å². The van der Waals surface area contributed by atoms with E-state index in [1.807, 2.05) is 18.2 Å². The van der Waals surface area contributed by atoms with Crippen molar-refractivity contribution in [2.75, 3.05) is 12.5 Å². The lowest BCUT2D eigenvalue weighted by molar-refractivity contribution is 0.418. The molecule has 0 unspecified atom stereocenters. The first-order valence-electron chi connectivity index (χ1n) is 5.72. The van der Waals surface area contributed by atoms with Crippen LogP contribution in [-0.4, -0.2) is 12.1 Å². The van der Waals surface area contributed by atoms with Gasteiger partial charge >= 0.3 is 0 Å². The van der Waals surface area contributed by atoms with Gasteiger partial charge in [-0.2, -0.15) is 0 Å². The summed E-state index contributed by atoms with van der Waals surface area (Å²) in [5, 5.41) is 0.932. The van der Waals surface area contributed by atoms with Crippen molar-refractivity contribution in [3.05, 3.63) is 28.4 Å². The average Bonchev–Trinajstić information content (AvgIpc) is 2.37. The van der Waals surface area contributed by atoms with Crippen LogP contribution in [0.25, 0.3) is 10.9 Å². The highest BCUT2D eigenvalue weighted by molar-refractivity contribution is 9.10. The average molecular weight is 310 g/mol. The van der Waals surface area contributed by atoms with E-state index in [4.69, 9.17) is 10.6 Å². The van der Waals surface area contributed by atoms with E-state index in [-0.39, 0.29) is 0 Å². The molecule has 96 valence electrons. The Kier molecular flexibility index (Phi) is 3.73. The second-order valence-electron chi connectivity index (χ2n) is 4.37. The maximum atomic E-state index is 5.61. The molecule has 0 saturated heterocycles. The Morgan fingerprint density at radius 1 is 1.39 bits per heavy atom. The van der Waals surface area contributed by atoms with Crippen LogP contribution >= 0.6 is 15.9 Å². The standard InChI is InChI=1S/C13H16BrN3O/c1-7(2)9-6-10(17-15)12-8(14)4-5-11(18-3)13(12)16-9/h4-7H,15H2,1-3H3,(H,16,17). The number of rotatable bonds is 3. The molecular weight excluding hydrogens is 294 g/mol. The third-order valence-corrected chi connectivity index (χ3v) is 3.52. The molecule has 0 fully saturated rings. The number of methoxy groups -OCH3 is 1. The molecule has 3 N–H and O–H groups in total.